The van der Waals surface area contributed by atoms with E-state index < -0.39 is 29.4 Å². The van der Waals surface area contributed by atoms with E-state index in [-0.39, 0.29) is 24.0 Å². The van der Waals surface area contributed by atoms with Gasteiger partial charge in [-0.25, -0.2) is 4.39 Å². The molecule has 6 nitrogen and oxygen atoms in total. The third-order valence-electron chi connectivity index (χ3n) is 3.28. The molecule has 20 heavy (non-hydrogen) atoms. The van der Waals surface area contributed by atoms with Crippen molar-refractivity contribution >= 4 is 23.6 Å². The summed E-state index contributed by atoms with van der Waals surface area (Å²) in [6.45, 7) is 0. The van der Waals surface area contributed by atoms with Gasteiger partial charge in [0, 0.05) is 12.8 Å². The van der Waals surface area contributed by atoms with Gasteiger partial charge in [-0.3, -0.25) is 19.2 Å². The van der Waals surface area contributed by atoms with E-state index in [4.69, 9.17) is 0 Å². The Balaban J connectivity index is 2.05. The van der Waals surface area contributed by atoms with Crippen molar-refractivity contribution in [2.24, 2.45) is 0 Å². The topological polar surface area (TPSA) is 74.8 Å². The molecule has 0 aromatic heterocycles. The highest BCUT2D eigenvalue weighted by Crippen LogP contribution is 2.27. The van der Waals surface area contributed by atoms with Crippen LogP contribution in [-0.4, -0.2) is 33.6 Å². The molecule has 0 atom stereocenters. The average Bonchev–Trinajstić information content (AvgIpc) is 2.63. The molecule has 2 heterocycles. The molecule has 0 N–H and O–H groups in total. The lowest BCUT2D eigenvalue weighted by atomic mass is 10.1. The second-order valence-electron chi connectivity index (χ2n) is 4.56. The number of carbonyl (C=O) groups excluding carboxylic acids is 4. The zero-order valence-electron chi connectivity index (χ0n) is 10.3. The van der Waals surface area contributed by atoms with E-state index in [0.29, 0.717) is 16.4 Å². The molecule has 0 spiro atoms. The summed E-state index contributed by atoms with van der Waals surface area (Å²) in [5, 5.41) is 1.08. The molecule has 3 rings (SSSR count). The standard InChI is InChI=1S/C13H9FN2O4/c14-7-4-5-8-9(6-7)13(20)16(12(8)19)15-10(17)2-1-3-11(15)18/h4-6H,1-3H2. The molecule has 1 aromatic carbocycles. The number of carbonyl (C=O) groups is 4. The van der Waals surface area contributed by atoms with E-state index in [0.717, 1.165) is 12.1 Å². The molecule has 102 valence electrons. The van der Waals surface area contributed by atoms with Gasteiger partial charge in [-0.1, -0.05) is 0 Å². The third kappa shape index (κ3) is 1.63. The number of rotatable bonds is 1. The monoisotopic (exact) mass is 276 g/mol. The van der Waals surface area contributed by atoms with Gasteiger partial charge in [0.05, 0.1) is 11.1 Å². The minimum Gasteiger partial charge on any atom is -0.273 e. The summed E-state index contributed by atoms with van der Waals surface area (Å²) in [5.74, 6) is -3.50. The lowest BCUT2D eigenvalue weighted by Gasteiger charge is -2.30. The minimum absolute atomic E-state index is 0.0115. The summed E-state index contributed by atoms with van der Waals surface area (Å²) < 4.78 is 13.2. The van der Waals surface area contributed by atoms with E-state index in [9.17, 15) is 23.6 Å². The number of fused-ring (bicyclic) bond motifs is 1. The third-order valence-corrected chi connectivity index (χ3v) is 3.28. The van der Waals surface area contributed by atoms with Gasteiger partial charge in [0.15, 0.2) is 0 Å². The van der Waals surface area contributed by atoms with Crippen molar-refractivity contribution in [1.82, 2.24) is 10.0 Å². The normalized spacial score (nSPS) is 18.9. The van der Waals surface area contributed by atoms with Crippen LogP contribution >= 0.6 is 0 Å². The SMILES string of the molecule is O=C1CCCC(=O)N1N1C(=O)c2ccc(F)cc2C1=O. The molecule has 2 aliphatic rings. The first kappa shape index (κ1) is 12.5. The van der Waals surface area contributed by atoms with Crippen molar-refractivity contribution in [2.75, 3.05) is 0 Å². The van der Waals surface area contributed by atoms with E-state index in [1.165, 1.54) is 6.07 Å². The molecule has 1 saturated heterocycles. The Morgan fingerprint density at radius 1 is 0.850 bits per heavy atom. The number of hydrogen-bond acceptors (Lipinski definition) is 4. The number of imide groups is 2. The number of piperidine rings is 1. The fourth-order valence-corrected chi connectivity index (χ4v) is 2.35. The van der Waals surface area contributed by atoms with Crippen LogP contribution in [-0.2, 0) is 9.59 Å². The molecule has 0 saturated carbocycles. The fraction of sp³-hybridized carbons (Fsp3) is 0.231. The lowest BCUT2D eigenvalue weighted by Crippen LogP contribution is -2.54. The molecule has 4 amide bonds. The van der Waals surface area contributed by atoms with E-state index >= 15 is 0 Å². The summed E-state index contributed by atoms with van der Waals surface area (Å²) in [5.41, 5.74) is -0.149. The number of amides is 4. The number of nitrogens with zero attached hydrogens (tertiary/aromatic N) is 2. The first-order valence-electron chi connectivity index (χ1n) is 6.05. The van der Waals surface area contributed by atoms with Gasteiger partial charge in [-0.15, -0.1) is 0 Å². The van der Waals surface area contributed by atoms with E-state index in [1.54, 1.807) is 0 Å². The number of hydrogen-bond donors (Lipinski definition) is 0. The van der Waals surface area contributed by atoms with Crippen LogP contribution in [0.4, 0.5) is 4.39 Å². The van der Waals surface area contributed by atoms with E-state index in [1.807, 2.05) is 0 Å². The van der Waals surface area contributed by atoms with Gasteiger partial charge in [-0.05, 0) is 24.6 Å². The van der Waals surface area contributed by atoms with Gasteiger partial charge in [0.2, 0.25) is 11.8 Å². The maximum atomic E-state index is 13.2. The fourth-order valence-electron chi connectivity index (χ4n) is 2.35. The predicted octanol–water partition coefficient (Wildman–Crippen LogP) is 0.876. The molecule has 0 aliphatic carbocycles. The largest absolute Gasteiger partial charge is 0.281 e. The van der Waals surface area contributed by atoms with Crippen LogP contribution < -0.4 is 0 Å². The second-order valence-corrected chi connectivity index (χ2v) is 4.56. The lowest BCUT2D eigenvalue weighted by molar-refractivity contribution is -0.160. The molecule has 7 heteroatoms. The summed E-state index contributed by atoms with van der Waals surface area (Å²) in [6.07, 6.45) is 0.576. The van der Waals surface area contributed by atoms with Crippen LogP contribution in [0.3, 0.4) is 0 Å². The predicted molar refractivity (Wildman–Crippen MR) is 62.6 cm³/mol. The van der Waals surface area contributed by atoms with Crippen LogP contribution in [0.15, 0.2) is 18.2 Å². The van der Waals surface area contributed by atoms with Gasteiger partial charge >= 0.3 is 0 Å². The highest BCUT2D eigenvalue weighted by Gasteiger charge is 2.45. The Labute approximate surface area is 112 Å². The molecular formula is C13H9FN2O4. The van der Waals surface area contributed by atoms with Crippen LogP contribution in [0.5, 0.6) is 0 Å². The number of hydrazine groups is 1. The smallest absolute Gasteiger partial charge is 0.273 e. The number of halogens is 1. The Morgan fingerprint density at radius 2 is 1.45 bits per heavy atom. The van der Waals surface area contributed by atoms with Gasteiger partial charge in [0.1, 0.15) is 5.82 Å². The van der Waals surface area contributed by atoms with Crippen molar-refractivity contribution in [1.29, 1.82) is 0 Å². The zero-order chi connectivity index (χ0) is 14.4. The van der Waals surface area contributed by atoms with Crippen LogP contribution in [0.1, 0.15) is 40.0 Å². The molecule has 2 aliphatic heterocycles. The molecule has 0 bridgehead atoms. The molecular weight excluding hydrogens is 267 g/mol. The Hall–Kier alpha value is -2.57. The quantitative estimate of drug-likeness (QED) is 0.713. The van der Waals surface area contributed by atoms with Crippen molar-refractivity contribution in [2.45, 2.75) is 19.3 Å². The molecule has 1 aromatic rings. The highest BCUT2D eigenvalue weighted by atomic mass is 19.1. The van der Waals surface area contributed by atoms with Gasteiger partial charge in [-0.2, -0.15) is 10.0 Å². The zero-order valence-corrected chi connectivity index (χ0v) is 10.3. The minimum atomic E-state index is -0.854. The van der Waals surface area contributed by atoms with Gasteiger partial charge < -0.3 is 0 Å². The maximum absolute atomic E-state index is 13.2. The van der Waals surface area contributed by atoms with Gasteiger partial charge in [0.25, 0.3) is 11.8 Å². The first-order valence-corrected chi connectivity index (χ1v) is 6.05. The Kier molecular flexibility index (Phi) is 2.63. The van der Waals surface area contributed by atoms with Crippen LogP contribution in [0, 0.1) is 5.82 Å². The molecule has 0 radical (unpaired) electrons. The Morgan fingerprint density at radius 3 is 2.10 bits per heavy atom. The average molecular weight is 276 g/mol. The van der Waals surface area contributed by atoms with Crippen LogP contribution in [0.2, 0.25) is 0 Å². The summed E-state index contributed by atoms with van der Waals surface area (Å²) in [6, 6.07) is 3.14. The number of benzene rings is 1. The van der Waals surface area contributed by atoms with E-state index in [2.05, 4.69) is 0 Å². The van der Waals surface area contributed by atoms with Crippen molar-refractivity contribution in [3.63, 3.8) is 0 Å². The summed E-state index contributed by atoms with van der Waals surface area (Å²) in [7, 11) is 0. The van der Waals surface area contributed by atoms with Crippen molar-refractivity contribution in [3.05, 3.63) is 35.1 Å². The first-order chi connectivity index (χ1) is 9.50. The van der Waals surface area contributed by atoms with Crippen molar-refractivity contribution in [3.8, 4) is 0 Å². The summed E-state index contributed by atoms with van der Waals surface area (Å²) in [4.78, 5) is 47.9. The summed E-state index contributed by atoms with van der Waals surface area (Å²) >= 11 is 0. The highest BCUT2D eigenvalue weighted by molar-refractivity contribution is 6.23. The molecule has 1 fully saturated rings. The second kappa shape index (κ2) is 4.22. The molecule has 0 unspecified atom stereocenters. The van der Waals surface area contributed by atoms with Crippen LogP contribution in [0.25, 0.3) is 0 Å². The maximum Gasteiger partial charge on any atom is 0.281 e. The van der Waals surface area contributed by atoms with Crippen molar-refractivity contribution < 1.29 is 23.6 Å². The Bertz CT molecular complexity index is 654.